The van der Waals surface area contributed by atoms with Gasteiger partial charge >= 0.3 is 0 Å². The number of hydrazone groups is 1. The minimum absolute atomic E-state index is 0.182. The van der Waals surface area contributed by atoms with Gasteiger partial charge in [0, 0.05) is 6.20 Å². The molecule has 0 radical (unpaired) electrons. The van der Waals surface area contributed by atoms with E-state index in [-0.39, 0.29) is 12.5 Å². The fourth-order valence-electron chi connectivity index (χ4n) is 1.15. The number of hydrogen-bond acceptors (Lipinski definition) is 4. The minimum atomic E-state index is -0.887. The smallest absolute Gasteiger partial charge is 0.293 e. The van der Waals surface area contributed by atoms with Gasteiger partial charge in [-0.15, -0.1) is 0 Å². The Bertz CT molecular complexity index is 436. The van der Waals surface area contributed by atoms with Crippen LogP contribution in [0.4, 0.5) is 0 Å². The summed E-state index contributed by atoms with van der Waals surface area (Å²) in [6, 6.07) is 3.31. The van der Waals surface area contributed by atoms with Crippen LogP contribution in [0.2, 0.25) is 5.15 Å². The summed E-state index contributed by atoms with van der Waals surface area (Å²) in [5.41, 5.74) is 6.18. The molecule has 1 rings (SSSR count). The standard InChI is InChI=1S/C9H12ClN5O3/c1-2-18-14(9(11)13-15(16)17)6-7-3-4-8(10)12-5-7/h3-5H,2,6H2,1H3,(H2,11,13). The summed E-state index contributed by atoms with van der Waals surface area (Å²) >= 11 is 5.65. The number of nitro groups is 1. The van der Waals surface area contributed by atoms with Crippen LogP contribution in [0.1, 0.15) is 12.5 Å². The SMILES string of the molecule is CCON(Cc1ccc(Cl)nc1)/C(N)=N/[N+](=O)[O-]. The van der Waals surface area contributed by atoms with Crippen molar-refractivity contribution in [2.75, 3.05) is 6.61 Å². The second-order valence-corrected chi connectivity index (χ2v) is 3.53. The number of halogens is 1. The van der Waals surface area contributed by atoms with Gasteiger partial charge in [-0.25, -0.2) is 20.2 Å². The van der Waals surface area contributed by atoms with Crippen molar-refractivity contribution in [3.63, 3.8) is 0 Å². The highest BCUT2D eigenvalue weighted by Gasteiger charge is 2.13. The number of pyridine rings is 1. The van der Waals surface area contributed by atoms with Crippen LogP contribution in [-0.2, 0) is 11.4 Å². The molecule has 1 heterocycles. The number of rotatable bonds is 5. The Morgan fingerprint density at radius 1 is 1.72 bits per heavy atom. The predicted octanol–water partition coefficient (Wildman–Crippen LogP) is 0.995. The van der Waals surface area contributed by atoms with Crippen molar-refractivity contribution in [2.45, 2.75) is 13.5 Å². The molecule has 1 aromatic heterocycles. The summed E-state index contributed by atoms with van der Waals surface area (Å²) in [6.45, 7) is 2.21. The van der Waals surface area contributed by atoms with Crippen molar-refractivity contribution < 1.29 is 9.87 Å². The Balaban J connectivity index is 2.79. The first-order valence-corrected chi connectivity index (χ1v) is 5.40. The molecule has 0 atom stereocenters. The van der Waals surface area contributed by atoms with E-state index in [4.69, 9.17) is 22.2 Å². The van der Waals surface area contributed by atoms with E-state index in [2.05, 4.69) is 10.1 Å². The van der Waals surface area contributed by atoms with E-state index in [0.717, 1.165) is 10.6 Å². The third kappa shape index (κ3) is 4.52. The van der Waals surface area contributed by atoms with Crippen molar-refractivity contribution in [3.05, 3.63) is 39.2 Å². The van der Waals surface area contributed by atoms with E-state index in [1.54, 1.807) is 19.1 Å². The molecule has 0 saturated carbocycles. The molecule has 0 aliphatic carbocycles. The number of hydroxylamine groups is 2. The molecule has 9 heteroatoms. The molecule has 0 amide bonds. The highest BCUT2D eigenvalue weighted by molar-refractivity contribution is 6.29. The number of hydrogen-bond donors (Lipinski definition) is 1. The molecular formula is C9H12ClN5O3. The number of nitrogens with two attached hydrogens (primary N) is 1. The predicted molar refractivity (Wildman–Crippen MR) is 65.0 cm³/mol. The van der Waals surface area contributed by atoms with Crippen LogP contribution in [0.15, 0.2) is 23.4 Å². The van der Waals surface area contributed by atoms with Crippen LogP contribution in [0.5, 0.6) is 0 Å². The molecule has 18 heavy (non-hydrogen) atoms. The molecular weight excluding hydrogens is 262 g/mol. The van der Waals surface area contributed by atoms with Gasteiger partial charge in [-0.2, -0.15) is 0 Å². The van der Waals surface area contributed by atoms with E-state index in [1.807, 2.05) is 0 Å². The lowest BCUT2D eigenvalue weighted by molar-refractivity contribution is -0.486. The molecule has 98 valence electrons. The Kier molecular flexibility index (Phi) is 5.28. The number of aromatic nitrogens is 1. The van der Waals surface area contributed by atoms with Crippen molar-refractivity contribution in [3.8, 4) is 0 Å². The van der Waals surface area contributed by atoms with Crippen molar-refractivity contribution in [1.29, 1.82) is 0 Å². The molecule has 0 unspecified atom stereocenters. The molecule has 8 nitrogen and oxygen atoms in total. The summed E-state index contributed by atoms with van der Waals surface area (Å²) in [7, 11) is 0. The molecule has 0 spiro atoms. The summed E-state index contributed by atoms with van der Waals surface area (Å²) in [4.78, 5) is 19.3. The van der Waals surface area contributed by atoms with Crippen molar-refractivity contribution in [1.82, 2.24) is 10.0 Å². The highest BCUT2D eigenvalue weighted by Crippen LogP contribution is 2.08. The van der Waals surface area contributed by atoms with E-state index < -0.39 is 5.03 Å². The van der Waals surface area contributed by atoms with Crippen LogP contribution >= 0.6 is 11.6 Å². The second kappa shape index (κ2) is 6.72. The maximum atomic E-state index is 10.2. The number of nitrogens with zero attached hydrogens (tertiary/aromatic N) is 4. The van der Waals surface area contributed by atoms with Gasteiger partial charge in [0.05, 0.1) is 13.2 Å². The average Bonchev–Trinajstić information content (AvgIpc) is 2.30. The van der Waals surface area contributed by atoms with E-state index in [1.165, 1.54) is 6.20 Å². The Hall–Kier alpha value is -1.93. The van der Waals surface area contributed by atoms with Gasteiger partial charge < -0.3 is 5.73 Å². The molecule has 0 saturated heterocycles. The first-order valence-electron chi connectivity index (χ1n) is 5.02. The highest BCUT2D eigenvalue weighted by atomic mass is 35.5. The normalized spacial score (nSPS) is 11.3. The van der Waals surface area contributed by atoms with E-state index in [9.17, 15) is 10.1 Å². The topological polar surface area (TPSA) is 107 Å². The second-order valence-electron chi connectivity index (χ2n) is 3.14. The quantitative estimate of drug-likeness (QED) is 0.282. The van der Waals surface area contributed by atoms with Gasteiger partial charge in [-0.3, -0.25) is 4.84 Å². The van der Waals surface area contributed by atoms with Crippen LogP contribution in [0.25, 0.3) is 0 Å². The fraction of sp³-hybridized carbons (Fsp3) is 0.333. The van der Waals surface area contributed by atoms with Gasteiger partial charge in [0.1, 0.15) is 10.3 Å². The molecule has 0 aliphatic heterocycles. The maximum Gasteiger partial charge on any atom is 0.293 e. The third-order valence-electron chi connectivity index (χ3n) is 1.84. The molecule has 0 bridgehead atoms. The molecule has 0 aromatic carbocycles. The van der Waals surface area contributed by atoms with Crippen molar-refractivity contribution >= 4 is 17.6 Å². The first-order chi connectivity index (χ1) is 8.52. The fourth-order valence-corrected chi connectivity index (χ4v) is 1.26. The zero-order valence-electron chi connectivity index (χ0n) is 9.62. The van der Waals surface area contributed by atoms with Gasteiger partial charge in [-0.05, 0) is 18.6 Å². The Labute approximate surface area is 108 Å². The zero-order valence-corrected chi connectivity index (χ0v) is 10.4. The van der Waals surface area contributed by atoms with Gasteiger partial charge in [0.2, 0.25) is 0 Å². The summed E-state index contributed by atoms with van der Waals surface area (Å²) in [6.07, 6.45) is 1.52. The van der Waals surface area contributed by atoms with Gasteiger partial charge in [0.25, 0.3) is 5.96 Å². The zero-order chi connectivity index (χ0) is 13.5. The monoisotopic (exact) mass is 273 g/mol. The van der Waals surface area contributed by atoms with Crippen molar-refractivity contribution in [2.24, 2.45) is 10.8 Å². The minimum Gasteiger partial charge on any atom is -0.363 e. The Morgan fingerprint density at radius 3 is 2.94 bits per heavy atom. The van der Waals surface area contributed by atoms with Crippen LogP contribution in [-0.4, -0.2) is 27.6 Å². The summed E-state index contributed by atoms with van der Waals surface area (Å²) < 4.78 is 0. The van der Waals surface area contributed by atoms with E-state index in [0.29, 0.717) is 11.8 Å². The largest absolute Gasteiger partial charge is 0.363 e. The summed E-state index contributed by atoms with van der Waals surface area (Å²) in [5, 5.41) is 13.8. The molecule has 0 aliphatic rings. The Morgan fingerprint density at radius 2 is 2.44 bits per heavy atom. The third-order valence-corrected chi connectivity index (χ3v) is 2.06. The molecule has 0 fully saturated rings. The van der Waals surface area contributed by atoms with Crippen LogP contribution in [0, 0.1) is 10.1 Å². The van der Waals surface area contributed by atoms with Gasteiger partial charge in [-0.1, -0.05) is 17.7 Å². The average molecular weight is 274 g/mol. The van der Waals surface area contributed by atoms with Crippen LogP contribution < -0.4 is 5.73 Å². The first kappa shape index (κ1) is 14.1. The lowest BCUT2D eigenvalue weighted by atomic mass is 10.3. The molecule has 1 aromatic rings. The van der Waals surface area contributed by atoms with Crippen LogP contribution in [0.3, 0.4) is 0 Å². The number of guanidine groups is 1. The summed E-state index contributed by atoms with van der Waals surface area (Å²) in [5.74, 6) is -0.336. The lowest BCUT2D eigenvalue weighted by Crippen LogP contribution is -2.37. The van der Waals surface area contributed by atoms with Gasteiger partial charge in [0.15, 0.2) is 5.03 Å². The lowest BCUT2D eigenvalue weighted by Gasteiger charge is -2.19. The maximum absolute atomic E-state index is 10.2. The molecule has 2 N–H and O–H groups in total. The van der Waals surface area contributed by atoms with E-state index >= 15 is 0 Å².